The summed E-state index contributed by atoms with van der Waals surface area (Å²) in [5.74, 6) is 0.823. The van der Waals surface area contributed by atoms with Crippen molar-refractivity contribution in [1.29, 1.82) is 0 Å². The Balaban J connectivity index is 2.58. The molecule has 4 nitrogen and oxygen atoms in total. The van der Waals surface area contributed by atoms with Crippen molar-refractivity contribution >= 4 is 5.96 Å². The summed E-state index contributed by atoms with van der Waals surface area (Å²) < 4.78 is 5.63. The molecule has 20 heavy (non-hydrogen) atoms. The highest BCUT2D eigenvalue weighted by atomic mass is 16.5. The third kappa shape index (κ3) is 6.06. The minimum absolute atomic E-state index is 0.365. The summed E-state index contributed by atoms with van der Waals surface area (Å²) in [6, 6.07) is 8.71. The Bertz CT molecular complexity index is 416. The molecular weight excluding hydrogens is 250 g/mol. The molecule has 0 saturated carbocycles. The summed E-state index contributed by atoms with van der Waals surface area (Å²) >= 11 is 0. The van der Waals surface area contributed by atoms with E-state index >= 15 is 0 Å². The zero-order valence-electron chi connectivity index (χ0n) is 13.1. The lowest BCUT2D eigenvalue weighted by Gasteiger charge is -2.16. The molecule has 0 fully saturated rings. The van der Waals surface area contributed by atoms with E-state index in [4.69, 9.17) is 4.74 Å². The summed E-state index contributed by atoms with van der Waals surface area (Å²) in [7, 11) is 1.79. The molecule has 0 aromatic heterocycles. The van der Waals surface area contributed by atoms with Gasteiger partial charge in [-0.25, -0.2) is 0 Å². The fourth-order valence-corrected chi connectivity index (χ4v) is 1.84. The molecule has 0 amide bonds. The van der Waals surface area contributed by atoms with Gasteiger partial charge in [-0.1, -0.05) is 31.2 Å². The molecule has 0 aliphatic carbocycles. The minimum Gasteiger partial charge on any atom is -0.377 e. The summed E-state index contributed by atoms with van der Waals surface area (Å²) in [5.41, 5.74) is 2.48. The van der Waals surface area contributed by atoms with Gasteiger partial charge in [0.1, 0.15) is 0 Å². The molecule has 0 saturated heterocycles. The molecule has 1 aromatic carbocycles. The van der Waals surface area contributed by atoms with Gasteiger partial charge in [0.15, 0.2) is 5.96 Å². The van der Waals surface area contributed by atoms with E-state index in [2.05, 4.69) is 60.7 Å². The van der Waals surface area contributed by atoms with Crippen LogP contribution in [0.25, 0.3) is 0 Å². The molecule has 0 aliphatic heterocycles. The van der Waals surface area contributed by atoms with Gasteiger partial charge >= 0.3 is 0 Å². The first-order chi connectivity index (χ1) is 9.67. The van der Waals surface area contributed by atoms with Crippen molar-refractivity contribution in [2.75, 3.05) is 13.7 Å². The van der Waals surface area contributed by atoms with Crippen molar-refractivity contribution in [2.24, 2.45) is 4.99 Å². The van der Waals surface area contributed by atoms with E-state index in [1.165, 1.54) is 11.1 Å². The van der Waals surface area contributed by atoms with Crippen LogP contribution < -0.4 is 10.6 Å². The van der Waals surface area contributed by atoms with Gasteiger partial charge in [-0.3, -0.25) is 4.99 Å². The lowest BCUT2D eigenvalue weighted by Crippen LogP contribution is -2.40. The van der Waals surface area contributed by atoms with Gasteiger partial charge in [0.2, 0.25) is 0 Å². The molecule has 2 N–H and O–H groups in total. The monoisotopic (exact) mass is 277 g/mol. The Labute approximate surface area is 122 Å². The SMILES string of the molecule is CCCOCc1ccccc1CNC(=NC)NC(C)C. The predicted octanol–water partition coefficient (Wildman–Crippen LogP) is 2.69. The number of hydrogen-bond donors (Lipinski definition) is 2. The first-order valence-corrected chi connectivity index (χ1v) is 7.29. The quantitative estimate of drug-likeness (QED) is 0.457. The first-order valence-electron chi connectivity index (χ1n) is 7.29. The maximum absolute atomic E-state index is 5.63. The average molecular weight is 277 g/mol. The van der Waals surface area contributed by atoms with Gasteiger partial charge in [-0.2, -0.15) is 0 Å². The van der Waals surface area contributed by atoms with Crippen LogP contribution in [0.3, 0.4) is 0 Å². The van der Waals surface area contributed by atoms with Crippen LogP contribution in [0.2, 0.25) is 0 Å². The van der Waals surface area contributed by atoms with Crippen LogP contribution >= 0.6 is 0 Å². The standard InChI is InChI=1S/C16H27N3O/c1-5-10-20-12-15-9-7-6-8-14(15)11-18-16(17-4)19-13(2)3/h6-9,13H,5,10-12H2,1-4H3,(H2,17,18,19). The third-order valence-electron chi connectivity index (χ3n) is 2.82. The van der Waals surface area contributed by atoms with E-state index in [0.29, 0.717) is 12.6 Å². The van der Waals surface area contributed by atoms with E-state index in [1.54, 1.807) is 7.05 Å². The van der Waals surface area contributed by atoms with Crippen LogP contribution in [-0.4, -0.2) is 25.7 Å². The smallest absolute Gasteiger partial charge is 0.191 e. The molecule has 1 aromatic rings. The van der Waals surface area contributed by atoms with Crippen LogP contribution in [0, 0.1) is 0 Å². The largest absolute Gasteiger partial charge is 0.377 e. The topological polar surface area (TPSA) is 45.6 Å². The van der Waals surface area contributed by atoms with E-state index in [1.807, 2.05) is 0 Å². The van der Waals surface area contributed by atoms with E-state index in [-0.39, 0.29) is 0 Å². The molecule has 0 bridgehead atoms. The number of hydrogen-bond acceptors (Lipinski definition) is 2. The van der Waals surface area contributed by atoms with E-state index in [0.717, 1.165) is 25.5 Å². The predicted molar refractivity (Wildman–Crippen MR) is 84.9 cm³/mol. The molecule has 0 heterocycles. The molecule has 0 radical (unpaired) electrons. The second kappa shape index (κ2) is 9.37. The summed E-state index contributed by atoms with van der Waals surface area (Å²) in [4.78, 5) is 4.21. The average Bonchev–Trinajstić information content (AvgIpc) is 2.44. The number of nitrogens with zero attached hydrogens (tertiary/aromatic N) is 1. The fourth-order valence-electron chi connectivity index (χ4n) is 1.84. The molecule has 0 atom stereocenters. The highest BCUT2D eigenvalue weighted by Gasteiger charge is 2.04. The summed E-state index contributed by atoms with van der Waals surface area (Å²) in [6.45, 7) is 8.53. The molecule has 0 unspecified atom stereocenters. The lowest BCUT2D eigenvalue weighted by atomic mass is 10.1. The van der Waals surface area contributed by atoms with Crippen LogP contribution in [0.1, 0.15) is 38.3 Å². The van der Waals surface area contributed by atoms with Crippen molar-refractivity contribution in [3.63, 3.8) is 0 Å². The Kier molecular flexibility index (Phi) is 7.73. The zero-order valence-corrected chi connectivity index (χ0v) is 13.1. The van der Waals surface area contributed by atoms with E-state index < -0.39 is 0 Å². The number of rotatable bonds is 7. The second-order valence-corrected chi connectivity index (χ2v) is 5.05. The molecule has 1 rings (SSSR count). The number of nitrogens with one attached hydrogen (secondary N) is 2. The number of aliphatic imine (C=N–C) groups is 1. The van der Waals surface area contributed by atoms with Crippen molar-refractivity contribution in [3.05, 3.63) is 35.4 Å². The molecular formula is C16H27N3O. The Hall–Kier alpha value is -1.55. The molecule has 0 aliphatic rings. The lowest BCUT2D eigenvalue weighted by molar-refractivity contribution is 0.121. The normalized spacial score (nSPS) is 11.8. The summed E-state index contributed by atoms with van der Waals surface area (Å²) in [6.07, 6.45) is 1.05. The van der Waals surface area contributed by atoms with Crippen molar-refractivity contribution < 1.29 is 4.74 Å². The maximum Gasteiger partial charge on any atom is 0.191 e. The van der Waals surface area contributed by atoms with Crippen LogP contribution in [-0.2, 0) is 17.9 Å². The molecule has 4 heteroatoms. The number of guanidine groups is 1. The second-order valence-electron chi connectivity index (χ2n) is 5.05. The van der Waals surface area contributed by atoms with Gasteiger partial charge in [0.05, 0.1) is 6.61 Å². The van der Waals surface area contributed by atoms with Gasteiger partial charge in [-0.05, 0) is 31.4 Å². The Morgan fingerprint density at radius 3 is 2.55 bits per heavy atom. The van der Waals surface area contributed by atoms with Crippen molar-refractivity contribution in [3.8, 4) is 0 Å². The zero-order chi connectivity index (χ0) is 14.8. The van der Waals surface area contributed by atoms with Crippen molar-refractivity contribution in [1.82, 2.24) is 10.6 Å². The molecule has 112 valence electrons. The van der Waals surface area contributed by atoms with Gasteiger partial charge in [-0.15, -0.1) is 0 Å². The van der Waals surface area contributed by atoms with Gasteiger partial charge in [0, 0.05) is 26.2 Å². The minimum atomic E-state index is 0.365. The van der Waals surface area contributed by atoms with Gasteiger partial charge in [0.25, 0.3) is 0 Å². The summed E-state index contributed by atoms with van der Waals surface area (Å²) in [5, 5.41) is 6.61. The number of ether oxygens (including phenoxy) is 1. The molecule has 0 spiro atoms. The first kappa shape index (κ1) is 16.5. The fraction of sp³-hybridized carbons (Fsp3) is 0.562. The highest BCUT2D eigenvalue weighted by Crippen LogP contribution is 2.10. The van der Waals surface area contributed by atoms with Crippen LogP contribution in [0.4, 0.5) is 0 Å². The third-order valence-corrected chi connectivity index (χ3v) is 2.82. The number of benzene rings is 1. The Morgan fingerprint density at radius 2 is 1.95 bits per heavy atom. The maximum atomic E-state index is 5.63. The highest BCUT2D eigenvalue weighted by molar-refractivity contribution is 5.79. The van der Waals surface area contributed by atoms with Crippen molar-refractivity contribution in [2.45, 2.75) is 46.4 Å². The van der Waals surface area contributed by atoms with Crippen LogP contribution in [0.15, 0.2) is 29.3 Å². The Morgan fingerprint density at radius 1 is 1.25 bits per heavy atom. The van der Waals surface area contributed by atoms with Gasteiger partial charge < -0.3 is 15.4 Å². The van der Waals surface area contributed by atoms with Crippen LogP contribution in [0.5, 0.6) is 0 Å². The van der Waals surface area contributed by atoms with E-state index in [9.17, 15) is 0 Å².